The summed E-state index contributed by atoms with van der Waals surface area (Å²) in [4.78, 5) is 12.3. The van der Waals surface area contributed by atoms with Crippen LogP contribution in [0.4, 0.5) is 8.78 Å². The minimum Gasteiger partial charge on any atom is -0.289 e. The lowest BCUT2D eigenvalue weighted by Crippen LogP contribution is -2.05. The second-order valence-corrected chi connectivity index (χ2v) is 5.21. The van der Waals surface area contributed by atoms with E-state index in [1.807, 2.05) is 13.0 Å². The molecule has 0 spiro atoms. The molecule has 0 amide bonds. The molecule has 0 saturated heterocycles. The fourth-order valence-corrected chi connectivity index (χ4v) is 2.35. The topological polar surface area (TPSA) is 17.1 Å². The van der Waals surface area contributed by atoms with Gasteiger partial charge in [0.15, 0.2) is 17.4 Å². The van der Waals surface area contributed by atoms with Crippen LogP contribution in [-0.4, -0.2) is 5.78 Å². The van der Waals surface area contributed by atoms with Crippen LogP contribution in [0.15, 0.2) is 34.8 Å². The number of carbonyl (C=O) groups is 1. The van der Waals surface area contributed by atoms with Crippen LogP contribution in [0, 0.1) is 18.6 Å². The lowest BCUT2D eigenvalue weighted by molar-refractivity contribution is 0.103. The van der Waals surface area contributed by atoms with Crippen LogP contribution in [0.25, 0.3) is 0 Å². The number of rotatable bonds is 2. The second-order valence-electron chi connectivity index (χ2n) is 4.01. The van der Waals surface area contributed by atoms with Gasteiger partial charge in [0.1, 0.15) is 0 Å². The van der Waals surface area contributed by atoms with Crippen LogP contribution >= 0.6 is 27.5 Å². The van der Waals surface area contributed by atoms with Crippen molar-refractivity contribution in [1.29, 1.82) is 0 Å². The molecule has 0 fully saturated rings. The van der Waals surface area contributed by atoms with E-state index in [2.05, 4.69) is 15.9 Å². The SMILES string of the molecule is Cc1cccc(C(=O)c2cc(F)c(F)cc2Cl)c1Br. The van der Waals surface area contributed by atoms with Crippen molar-refractivity contribution in [2.45, 2.75) is 6.92 Å². The Labute approximate surface area is 122 Å². The average Bonchev–Trinajstić information content (AvgIpc) is 2.36. The van der Waals surface area contributed by atoms with Gasteiger partial charge in [0.2, 0.25) is 0 Å². The Hall–Kier alpha value is -1.26. The lowest BCUT2D eigenvalue weighted by atomic mass is 10.0. The monoisotopic (exact) mass is 344 g/mol. The van der Waals surface area contributed by atoms with Crippen molar-refractivity contribution in [3.05, 3.63) is 68.2 Å². The van der Waals surface area contributed by atoms with Gasteiger partial charge in [0.25, 0.3) is 0 Å². The van der Waals surface area contributed by atoms with Crippen molar-refractivity contribution in [3.63, 3.8) is 0 Å². The van der Waals surface area contributed by atoms with Gasteiger partial charge in [-0.15, -0.1) is 0 Å². The standard InChI is InChI=1S/C14H8BrClF2O/c1-7-3-2-4-8(13(7)15)14(19)9-5-11(17)12(18)6-10(9)16/h2-6H,1H3. The Morgan fingerprint density at radius 1 is 1.16 bits per heavy atom. The average molecular weight is 346 g/mol. The third-order valence-corrected chi connectivity index (χ3v) is 4.06. The molecule has 0 unspecified atom stereocenters. The molecule has 0 aliphatic carbocycles. The molecule has 0 aliphatic rings. The minimum atomic E-state index is -1.10. The predicted octanol–water partition coefficient (Wildman–Crippen LogP) is 4.92. The summed E-state index contributed by atoms with van der Waals surface area (Å²) in [6.07, 6.45) is 0. The molecule has 0 saturated carbocycles. The smallest absolute Gasteiger partial charge is 0.195 e. The van der Waals surface area contributed by atoms with Crippen molar-refractivity contribution < 1.29 is 13.6 Å². The molecule has 19 heavy (non-hydrogen) atoms. The van der Waals surface area contributed by atoms with Gasteiger partial charge >= 0.3 is 0 Å². The number of aryl methyl sites for hydroxylation is 1. The van der Waals surface area contributed by atoms with Crippen LogP contribution in [0.2, 0.25) is 5.02 Å². The summed E-state index contributed by atoms with van der Waals surface area (Å²) < 4.78 is 26.8. The molecule has 0 N–H and O–H groups in total. The van der Waals surface area contributed by atoms with E-state index in [-0.39, 0.29) is 10.6 Å². The fraction of sp³-hybridized carbons (Fsp3) is 0.0714. The van der Waals surface area contributed by atoms with Crippen molar-refractivity contribution in [2.75, 3.05) is 0 Å². The molecule has 0 atom stereocenters. The normalized spacial score (nSPS) is 10.6. The van der Waals surface area contributed by atoms with E-state index in [0.717, 1.165) is 17.7 Å². The van der Waals surface area contributed by atoms with Gasteiger partial charge < -0.3 is 0 Å². The first kappa shape index (κ1) is 14.2. The van der Waals surface area contributed by atoms with Crippen LogP contribution in [0.1, 0.15) is 21.5 Å². The number of hydrogen-bond acceptors (Lipinski definition) is 1. The number of carbonyl (C=O) groups excluding carboxylic acids is 1. The molecule has 0 heterocycles. The zero-order valence-corrected chi connectivity index (χ0v) is 12.1. The quantitative estimate of drug-likeness (QED) is 0.558. The Bertz CT molecular complexity index is 671. The molecule has 0 aromatic heterocycles. The van der Waals surface area contributed by atoms with Crippen LogP contribution in [-0.2, 0) is 0 Å². The van der Waals surface area contributed by atoms with Crippen LogP contribution in [0.5, 0.6) is 0 Å². The van der Waals surface area contributed by atoms with E-state index in [1.54, 1.807) is 12.1 Å². The maximum atomic E-state index is 13.2. The van der Waals surface area contributed by atoms with E-state index in [9.17, 15) is 13.6 Å². The Kier molecular flexibility index (Phi) is 4.02. The number of ketones is 1. The third-order valence-electron chi connectivity index (χ3n) is 2.69. The van der Waals surface area contributed by atoms with Crippen LogP contribution in [0.3, 0.4) is 0 Å². The summed E-state index contributed by atoms with van der Waals surface area (Å²) in [5.41, 5.74) is 1.16. The number of halogens is 4. The lowest BCUT2D eigenvalue weighted by Gasteiger charge is -2.08. The summed E-state index contributed by atoms with van der Waals surface area (Å²) in [6.45, 7) is 1.83. The summed E-state index contributed by atoms with van der Waals surface area (Å²) in [7, 11) is 0. The number of hydrogen-bond donors (Lipinski definition) is 0. The molecule has 0 aliphatic heterocycles. The molecule has 2 aromatic rings. The third kappa shape index (κ3) is 2.69. The highest BCUT2D eigenvalue weighted by Gasteiger charge is 2.19. The van der Waals surface area contributed by atoms with Gasteiger partial charge in [-0.2, -0.15) is 0 Å². The van der Waals surface area contributed by atoms with Gasteiger partial charge in [0.05, 0.1) is 5.02 Å². The Morgan fingerprint density at radius 3 is 2.47 bits per heavy atom. The second kappa shape index (κ2) is 5.39. The molecule has 98 valence electrons. The zero-order valence-electron chi connectivity index (χ0n) is 9.81. The molecular formula is C14H8BrClF2O. The maximum absolute atomic E-state index is 13.2. The first-order valence-corrected chi connectivity index (χ1v) is 6.53. The summed E-state index contributed by atoms with van der Waals surface area (Å²) in [5.74, 6) is -2.64. The van der Waals surface area contributed by atoms with E-state index < -0.39 is 17.4 Å². The molecule has 2 aromatic carbocycles. The first-order chi connectivity index (χ1) is 8.91. The molecular weight excluding hydrogens is 338 g/mol. The van der Waals surface area contributed by atoms with Gasteiger partial charge in [0, 0.05) is 15.6 Å². The highest BCUT2D eigenvalue weighted by Crippen LogP contribution is 2.27. The summed E-state index contributed by atoms with van der Waals surface area (Å²) in [6, 6.07) is 6.74. The largest absolute Gasteiger partial charge is 0.289 e. The molecule has 0 radical (unpaired) electrons. The summed E-state index contributed by atoms with van der Waals surface area (Å²) >= 11 is 9.10. The van der Waals surface area contributed by atoms with Crippen molar-refractivity contribution in [1.82, 2.24) is 0 Å². The van der Waals surface area contributed by atoms with E-state index in [4.69, 9.17) is 11.6 Å². The number of benzene rings is 2. The fourth-order valence-electron chi connectivity index (χ4n) is 1.66. The van der Waals surface area contributed by atoms with Gasteiger partial charge in [-0.25, -0.2) is 8.78 Å². The highest BCUT2D eigenvalue weighted by molar-refractivity contribution is 9.10. The van der Waals surface area contributed by atoms with Crippen molar-refractivity contribution in [2.24, 2.45) is 0 Å². The van der Waals surface area contributed by atoms with E-state index >= 15 is 0 Å². The van der Waals surface area contributed by atoms with Crippen molar-refractivity contribution in [3.8, 4) is 0 Å². The molecule has 5 heteroatoms. The highest BCUT2D eigenvalue weighted by atomic mass is 79.9. The van der Waals surface area contributed by atoms with Crippen molar-refractivity contribution >= 4 is 33.3 Å². The van der Waals surface area contributed by atoms with Gasteiger partial charge in [-0.1, -0.05) is 23.7 Å². The summed E-state index contributed by atoms with van der Waals surface area (Å²) in [5, 5.41) is -0.114. The molecule has 1 nitrogen and oxygen atoms in total. The minimum absolute atomic E-state index is 0.0631. The maximum Gasteiger partial charge on any atom is 0.195 e. The first-order valence-electron chi connectivity index (χ1n) is 5.36. The van der Waals surface area contributed by atoms with Crippen LogP contribution < -0.4 is 0 Å². The van der Waals surface area contributed by atoms with E-state index in [1.165, 1.54) is 0 Å². The van der Waals surface area contributed by atoms with Gasteiger partial charge in [-0.3, -0.25) is 4.79 Å². The predicted molar refractivity (Wildman–Crippen MR) is 73.7 cm³/mol. The zero-order chi connectivity index (χ0) is 14.2. The van der Waals surface area contributed by atoms with Gasteiger partial charge in [-0.05, 0) is 46.6 Å². The molecule has 2 rings (SSSR count). The Balaban J connectivity index is 2.56. The van der Waals surface area contributed by atoms with E-state index in [0.29, 0.717) is 10.0 Å². The Morgan fingerprint density at radius 2 is 1.79 bits per heavy atom. The molecule has 0 bridgehead atoms.